The topological polar surface area (TPSA) is 9.23 Å². The van der Waals surface area contributed by atoms with Gasteiger partial charge in [0.2, 0.25) is 0 Å². The van der Waals surface area contributed by atoms with Gasteiger partial charge in [-0.3, -0.25) is 0 Å². The lowest BCUT2D eigenvalue weighted by Gasteiger charge is -2.40. The second kappa shape index (κ2) is 7.70. The first-order valence-electron chi connectivity index (χ1n) is 13.6. The standard InChI is InChI=1S/C36H28O/c1-2-23-20-29(26-19-18-24-10-9-11-25(24)22-26)35-33(21-23)36(32-16-7-8-17-34(32)37-35)30-14-5-3-12-27(30)28-13-4-6-15-31(28)36/h3-8,12-22H,2,9-11H2,1H3. The maximum absolute atomic E-state index is 6.90. The van der Waals surface area contributed by atoms with Crippen LogP contribution in [0.25, 0.3) is 22.3 Å². The predicted molar refractivity (Wildman–Crippen MR) is 151 cm³/mol. The Labute approximate surface area is 218 Å². The van der Waals surface area contributed by atoms with Crippen molar-refractivity contribution in [2.45, 2.75) is 38.0 Å². The summed E-state index contributed by atoms with van der Waals surface area (Å²) in [6.45, 7) is 2.26. The van der Waals surface area contributed by atoms with Gasteiger partial charge >= 0.3 is 0 Å². The molecule has 0 N–H and O–H groups in total. The van der Waals surface area contributed by atoms with Gasteiger partial charge in [0.15, 0.2) is 0 Å². The first kappa shape index (κ1) is 21.0. The summed E-state index contributed by atoms with van der Waals surface area (Å²) in [7, 11) is 0. The van der Waals surface area contributed by atoms with Crippen LogP contribution in [-0.4, -0.2) is 0 Å². The van der Waals surface area contributed by atoms with Crippen LogP contribution in [0.1, 0.15) is 52.3 Å². The zero-order valence-corrected chi connectivity index (χ0v) is 21.1. The molecule has 1 aliphatic heterocycles. The quantitative estimate of drug-likeness (QED) is 0.242. The van der Waals surface area contributed by atoms with Crippen LogP contribution in [0.5, 0.6) is 11.5 Å². The van der Waals surface area contributed by atoms with Gasteiger partial charge < -0.3 is 4.74 Å². The summed E-state index contributed by atoms with van der Waals surface area (Å²) < 4.78 is 6.90. The highest BCUT2D eigenvalue weighted by molar-refractivity contribution is 5.90. The van der Waals surface area contributed by atoms with Gasteiger partial charge in [-0.25, -0.2) is 0 Å². The molecule has 0 fully saturated rings. The maximum Gasteiger partial charge on any atom is 0.140 e. The third-order valence-corrected chi connectivity index (χ3v) is 8.83. The van der Waals surface area contributed by atoms with E-state index in [1.54, 1.807) is 0 Å². The summed E-state index contributed by atoms with van der Waals surface area (Å²) in [6.07, 6.45) is 4.61. The molecule has 1 heterocycles. The molecule has 0 unspecified atom stereocenters. The Morgan fingerprint density at radius 3 is 2.05 bits per heavy atom. The number of rotatable bonds is 2. The van der Waals surface area contributed by atoms with E-state index in [0.29, 0.717) is 0 Å². The van der Waals surface area contributed by atoms with Crippen LogP contribution in [0.4, 0.5) is 0 Å². The number of aryl methyl sites for hydroxylation is 3. The summed E-state index contributed by atoms with van der Waals surface area (Å²) in [5.41, 5.74) is 14.2. The van der Waals surface area contributed by atoms with Crippen molar-refractivity contribution in [2.75, 3.05) is 0 Å². The van der Waals surface area contributed by atoms with Gasteiger partial charge in [0.1, 0.15) is 11.5 Å². The SMILES string of the molecule is CCc1cc(-c2ccc3c(c2)CCC3)c2c(c1)C1(c3ccccc3O2)c2ccccc2-c2ccccc21. The Bertz CT molecular complexity index is 1680. The van der Waals surface area contributed by atoms with Crippen molar-refractivity contribution in [3.05, 3.63) is 142 Å². The average Bonchev–Trinajstić information content (AvgIpc) is 3.54. The van der Waals surface area contributed by atoms with Crippen LogP contribution < -0.4 is 4.74 Å². The first-order chi connectivity index (χ1) is 18.3. The van der Waals surface area contributed by atoms with Crippen LogP contribution in [-0.2, 0) is 24.7 Å². The Kier molecular flexibility index (Phi) is 4.38. The predicted octanol–water partition coefficient (Wildman–Crippen LogP) is 8.87. The highest BCUT2D eigenvalue weighted by Crippen LogP contribution is 2.63. The fourth-order valence-electron chi connectivity index (χ4n) is 7.17. The van der Waals surface area contributed by atoms with Gasteiger partial charge in [0, 0.05) is 16.7 Å². The van der Waals surface area contributed by atoms with Crippen molar-refractivity contribution in [1.82, 2.24) is 0 Å². The molecular formula is C36H28O. The van der Waals surface area contributed by atoms with Crippen LogP contribution >= 0.6 is 0 Å². The largest absolute Gasteiger partial charge is 0.456 e. The zero-order valence-electron chi connectivity index (χ0n) is 21.1. The monoisotopic (exact) mass is 476 g/mol. The van der Waals surface area contributed by atoms with Crippen LogP contribution in [0.15, 0.2) is 103 Å². The van der Waals surface area contributed by atoms with Gasteiger partial charge in [-0.1, -0.05) is 97.9 Å². The van der Waals surface area contributed by atoms with Gasteiger partial charge in [-0.2, -0.15) is 0 Å². The second-order valence-corrected chi connectivity index (χ2v) is 10.7. The Balaban J connectivity index is 1.52. The van der Waals surface area contributed by atoms with Crippen molar-refractivity contribution in [2.24, 2.45) is 0 Å². The Morgan fingerprint density at radius 1 is 0.622 bits per heavy atom. The minimum Gasteiger partial charge on any atom is -0.456 e. The van der Waals surface area contributed by atoms with Crippen molar-refractivity contribution < 1.29 is 4.74 Å². The van der Waals surface area contributed by atoms with Crippen molar-refractivity contribution in [1.29, 1.82) is 0 Å². The second-order valence-electron chi connectivity index (χ2n) is 10.7. The molecule has 0 bridgehead atoms. The lowest BCUT2D eigenvalue weighted by Crippen LogP contribution is -2.32. The summed E-state index contributed by atoms with van der Waals surface area (Å²) in [6, 6.07) is 38.5. The van der Waals surface area contributed by atoms with Crippen LogP contribution in [0, 0.1) is 0 Å². The normalized spacial score (nSPS) is 15.4. The number of ether oxygens (including phenoxy) is 1. The van der Waals surface area contributed by atoms with E-state index in [1.807, 2.05) is 0 Å². The van der Waals surface area contributed by atoms with Gasteiger partial charge in [0.05, 0.1) is 5.41 Å². The molecule has 0 amide bonds. The molecule has 5 aromatic rings. The van der Waals surface area contributed by atoms with Crippen LogP contribution in [0.3, 0.4) is 0 Å². The van der Waals surface area contributed by atoms with Crippen molar-refractivity contribution in [3.63, 3.8) is 0 Å². The highest BCUT2D eigenvalue weighted by Gasteiger charge is 2.51. The molecule has 178 valence electrons. The summed E-state index contributed by atoms with van der Waals surface area (Å²) in [5.74, 6) is 1.95. The van der Waals surface area contributed by atoms with E-state index < -0.39 is 5.41 Å². The lowest BCUT2D eigenvalue weighted by molar-refractivity contribution is 0.437. The van der Waals surface area contributed by atoms with Gasteiger partial charge in [-0.15, -0.1) is 0 Å². The molecule has 5 aromatic carbocycles. The number of para-hydroxylation sites is 1. The van der Waals surface area contributed by atoms with Gasteiger partial charge in [0.25, 0.3) is 0 Å². The van der Waals surface area contributed by atoms with E-state index in [4.69, 9.17) is 4.74 Å². The van der Waals surface area contributed by atoms with E-state index in [-0.39, 0.29) is 0 Å². The summed E-state index contributed by atoms with van der Waals surface area (Å²) in [4.78, 5) is 0. The fourth-order valence-corrected chi connectivity index (χ4v) is 7.17. The molecule has 0 radical (unpaired) electrons. The molecule has 0 saturated carbocycles. The molecule has 1 heteroatoms. The molecule has 0 aromatic heterocycles. The van der Waals surface area contributed by atoms with Crippen molar-refractivity contribution in [3.8, 4) is 33.8 Å². The molecule has 1 spiro atoms. The summed E-state index contributed by atoms with van der Waals surface area (Å²) in [5, 5.41) is 0. The minimum atomic E-state index is -0.409. The molecule has 2 aliphatic carbocycles. The molecule has 0 atom stereocenters. The average molecular weight is 477 g/mol. The molecular weight excluding hydrogens is 448 g/mol. The van der Waals surface area contributed by atoms with E-state index in [1.165, 1.54) is 80.5 Å². The van der Waals surface area contributed by atoms with E-state index in [0.717, 1.165) is 17.9 Å². The Morgan fingerprint density at radius 2 is 1.30 bits per heavy atom. The Hall–Kier alpha value is -4.10. The third kappa shape index (κ3) is 2.75. The molecule has 8 rings (SSSR count). The molecule has 3 aliphatic rings. The minimum absolute atomic E-state index is 0.409. The van der Waals surface area contributed by atoms with E-state index in [2.05, 4.69) is 110 Å². The number of fused-ring (bicyclic) bond motifs is 10. The smallest absolute Gasteiger partial charge is 0.140 e. The summed E-state index contributed by atoms with van der Waals surface area (Å²) >= 11 is 0. The number of hydrogen-bond acceptors (Lipinski definition) is 1. The third-order valence-electron chi connectivity index (χ3n) is 8.83. The number of hydrogen-bond donors (Lipinski definition) is 0. The number of benzene rings is 5. The highest BCUT2D eigenvalue weighted by atomic mass is 16.5. The molecule has 37 heavy (non-hydrogen) atoms. The maximum atomic E-state index is 6.90. The van der Waals surface area contributed by atoms with Crippen LogP contribution in [0.2, 0.25) is 0 Å². The first-order valence-corrected chi connectivity index (χ1v) is 13.6. The zero-order chi connectivity index (χ0) is 24.6. The van der Waals surface area contributed by atoms with E-state index in [9.17, 15) is 0 Å². The van der Waals surface area contributed by atoms with Crippen molar-refractivity contribution >= 4 is 0 Å². The molecule has 0 saturated heterocycles. The lowest BCUT2D eigenvalue weighted by atomic mass is 9.65. The van der Waals surface area contributed by atoms with E-state index >= 15 is 0 Å². The molecule has 1 nitrogen and oxygen atoms in total. The fraction of sp³-hybridized carbons (Fsp3) is 0.167. The van der Waals surface area contributed by atoms with Gasteiger partial charge in [-0.05, 0) is 82.3 Å².